The number of hydrogen-bond donors (Lipinski definition) is 3. The molecule has 3 N–H and O–H groups in total. The van der Waals surface area contributed by atoms with E-state index >= 15 is 0 Å². The molecule has 3 rings (SSSR count). The van der Waals surface area contributed by atoms with Gasteiger partial charge in [-0.15, -0.1) is 0 Å². The Morgan fingerprint density at radius 1 is 1.08 bits per heavy atom. The second-order valence-electron chi connectivity index (χ2n) is 8.34. The Bertz CT molecular complexity index is 1430. The molecule has 0 saturated carbocycles. The van der Waals surface area contributed by atoms with Crippen LogP contribution in [0.5, 0.6) is 11.5 Å². The molecular weight excluding hydrogens is 637 g/mol. The molecule has 0 heterocycles. The Hall–Kier alpha value is -3.49. The van der Waals surface area contributed by atoms with Crippen LogP contribution in [0.4, 0.5) is 0 Å². The van der Waals surface area contributed by atoms with Crippen LogP contribution in [-0.4, -0.2) is 44.8 Å². The van der Waals surface area contributed by atoms with E-state index in [1.54, 1.807) is 61.5 Å². The van der Waals surface area contributed by atoms with Crippen LogP contribution in [0.2, 0.25) is 0 Å². The van der Waals surface area contributed by atoms with E-state index in [0.29, 0.717) is 32.8 Å². The molecule has 0 bridgehead atoms. The SMILES string of the molecule is CCOc1cc(/C=N\NC(=O)C[C@H](NS(=O)(=O)c2ccc(C)cc2)c2ccccc2)cc(I)c1OCC(=O)O. The summed E-state index contributed by atoms with van der Waals surface area (Å²) in [5, 5.41) is 12.9. The van der Waals surface area contributed by atoms with Crippen LogP contribution in [0, 0.1) is 10.5 Å². The fraction of sp³-hybridized carbons (Fsp3) is 0.222. The van der Waals surface area contributed by atoms with Gasteiger partial charge >= 0.3 is 5.97 Å². The molecule has 0 aliphatic heterocycles. The minimum absolute atomic E-state index is 0.1000. The molecular formula is C27H28IN3O7S. The fourth-order valence-corrected chi connectivity index (χ4v) is 5.50. The van der Waals surface area contributed by atoms with E-state index in [1.807, 2.05) is 29.5 Å². The van der Waals surface area contributed by atoms with Crippen LogP contribution >= 0.6 is 22.6 Å². The van der Waals surface area contributed by atoms with Crippen molar-refractivity contribution in [2.24, 2.45) is 5.10 Å². The van der Waals surface area contributed by atoms with Crippen LogP contribution in [0.15, 0.2) is 76.7 Å². The average molecular weight is 666 g/mol. The lowest BCUT2D eigenvalue weighted by atomic mass is 10.0. The van der Waals surface area contributed by atoms with Crippen molar-refractivity contribution < 1.29 is 32.6 Å². The van der Waals surface area contributed by atoms with Gasteiger partial charge in [0.1, 0.15) is 0 Å². The smallest absolute Gasteiger partial charge is 0.341 e. The van der Waals surface area contributed by atoms with Crippen molar-refractivity contribution in [3.8, 4) is 11.5 Å². The maximum atomic E-state index is 13.0. The topological polar surface area (TPSA) is 143 Å². The van der Waals surface area contributed by atoms with Gasteiger partial charge in [0, 0.05) is 6.42 Å². The number of carbonyl (C=O) groups excluding carboxylic acids is 1. The van der Waals surface area contributed by atoms with Gasteiger partial charge in [-0.05, 0) is 71.8 Å². The number of amides is 1. The van der Waals surface area contributed by atoms with Gasteiger partial charge in [-0.3, -0.25) is 4.79 Å². The first-order chi connectivity index (χ1) is 18.6. The molecule has 1 amide bonds. The number of hydrogen-bond acceptors (Lipinski definition) is 7. The zero-order chi connectivity index (χ0) is 28.4. The summed E-state index contributed by atoms with van der Waals surface area (Å²) < 4.78 is 40.2. The molecule has 0 fully saturated rings. The number of hydrazone groups is 1. The quantitative estimate of drug-likeness (QED) is 0.142. The van der Waals surface area contributed by atoms with E-state index in [0.717, 1.165) is 5.56 Å². The maximum Gasteiger partial charge on any atom is 0.341 e. The Morgan fingerprint density at radius 3 is 2.41 bits per heavy atom. The zero-order valence-corrected chi connectivity index (χ0v) is 24.2. The third kappa shape index (κ3) is 9.04. The lowest BCUT2D eigenvalue weighted by molar-refractivity contribution is -0.139. The number of benzene rings is 3. The summed E-state index contributed by atoms with van der Waals surface area (Å²) in [5.74, 6) is -0.981. The number of carbonyl (C=O) groups is 2. The standard InChI is InChI=1S/C27H28IN3O7S/c1-3-37-24-14-19(13-22(28)27(24)38-17-26(33)34)16-29-30-25(32)15-23(20-7-5-4-6-8-20)31-39(35,36)21-11-9-18(2)10-12-21/h4-14,16,23,31H,3,15,17H2,1-2H3,(H,30,32)(H,33,34)/b29-16-/t23-/m0/s1. The number of nitrogens with one attached hydrogen (secondary N) is 2. The van der Waals surface area contributed by atoms with Gasteiger partial charge in [0.05, 0.1) is 27.3 Å². The molecule has 3 aromatic rings. The highest BCUT2D eigenvalue weighted by atomic mass is 127. The van der Waals surface area contributed by atoms with Crippen molar-refractivity contribution >= 4 is 50.7 Å². The summed E-state index contributed by atoms with van der Waals surface area (Å²) in [6.07, 6.45) is 1.20. The molecule has 10 nitrogen and oxygen atoms in total. The number of sulfonamides is 1. The van der Waals surface area contributed by atoms with Crippen molar-refractivity contribution in [3.63, 3.8) is 0 Å². The molecule has 12 heteroatoms. The lowest BCUT2D eigenvalue weighted by Crippen LogP contribution is -2.32. The average Bonchev–Trinajstić information content (AvgIpc) is 2.88. The second kappa shape index (κ2) is 14.1. The van der Waals surface area contributed by atoms with Crippen molar-refractivity contribution in [2.45, 2.75) is 31.2 Å². The Balaban J connectivity index is 1.74. The van der Waals surface area contributed by atoms with Crippen LogP contribution in [0.1, 0.15) is 36.1 Å². The van der Waals surface area contributed by atoms with Gasteiger partial charge in [-0.1, -0.05) is 48.0 Å². The molecule has 206 valence electrons. The maximum absolute atomic E-state index is 13.0. The molecule has 0 spiro atoms. The molecule has 0 radical (unpaired) electrons. The fourth-order valence-electron chi connectivity index (χ4n) is 3.49. The summed E-state index contributed by atoms with van der Waals surface area (Å²) in [5.41, 5.74) is 4.56. The first-order valence-corrected chi connectivity index (χ1v) is 14.4. The van der Waals surface area contributed by atoms with Gasteiger partial charge in [0.2, 0.25) is 15.9 Å². The number of ether oxygens (including phenoxy) is 2. The monoisotopic (exact) mass is 665 g/mol. The predicted molar refractivity (Wildman–Crippen MR) is 154 cm³/mol. The number of aryl methyl sites for hydroxylation is 1. The first-order valence-electron chi connectivity index (χ1n) is 11.9. The Morgan fingerprint density at radius 2 is 1.77 bits per heavy atom. The molecule has 1 atom stereocenters. The molecule has 0 aliphatic rings. The number of rotatable bonds is 13. The summed E-state index contributed by atoms with van der Waals surface area (Å²) in [4.78, 5) is 23.7. The highest BCUT2D eigenvalue weighted by molar-refractivity contribution is 14.1. The van der Waals surface area contributed by atoms with Gasteiger partial charge in [-0.25, -0.2) is 23.4 Å². The third-order valence-electron chi connectivity index (χ3n) is 5.29. The molecule has 0 aromatic heterocycles. The number of carboxylic acid groups (broad SMARTS) is 1. The molecule has 39 heavy (non-hydrogen) atoms. The Labute approximate surface area is 240 Å². The van der Waals surface area contributed by atoms with Crippen LogP contribution in [0.25, 0.3) is 0 Å². The lowest BCUT2D eigenvalue weighted by Gasteiger charge is -2.18. The van der Waals surface area contributed by atoms with Crippen LogP contribution < -0.4 is 19.6 Å². The van der Waals surface area contributed by atoms with Crippen molar-refractivity contribution in [1.29, 1.82) is 0 Å². The molecule has 3 aromatic carbocycles. The number of aliphatic carboxylic acids is 1. The third-order valence-corrected chi connectivity index (χ3v) is 7.58. The summed E-state index contributed by atoms with van der Waals surface area (Å²) in [6, 6.07) is 17.7. The van der Waals surface area contributed by atoms with Crippen molar-refractivity contribution in [1.82, 2.24) is 10.1 Å². The minimum atomic E-state index is -3.89. The summed E-state index contributed by atoms with van der Waals surface area (Å²) in [7, 11) is -3.89. The minimum Gasteiger partial charge on any atom is -0.490 e. The second-order valence-corrected chi connectivity index (χ2v) is 11.2. The summed E-state index contributed by atoms with van der Waals surface area (Å²) >= 11 is 1.99. The highest BCUT2D eigenvalue weighted by Crippen LogP contribution is 2.34. The number of halogens is 1. The van der Waals surface area contributed by atoms with Crippen molar-refractivity contribution in [3.05, 3.63) is 87.0 Å². The Kier molecular flexibility index (Phi) is 10.8. The molecule has 0 saturated heterocycles. The van der Waals surface area contributed by atoms with E-state index in [4.69, 9.17) is 14.6 Å². The highest BCUT2D eigenvalue weighted by Gasteiger charge is 2.23. The van der Waals surface area contributed by atoms with E-state index < -0.39 is 34.5 Å². The molecule has 0 aliphatic carbocycles. The molecule has 0 unspecified atom stereocenters. The number of nitrogens with zero attached hydrogens (tertiary/aromatic N) is 1. The predicted octanol–water partition coefficient (Wildman–Crippen LogP) is 4.02. The van der Waals surface area contributed by atoms with Gasteiger partial charge in [0.25, 0.3) is 0 Å². The van der Waals surface area contributed by atoms with E-state index in [9.17, 15) is 18.0 Å². The zero-order valence-electron chi connectivity index (χ0n) is 21.3. The van der Waals surface area contributed by atoms with E-state index in [-0.39, 0.29) is 11.3 Å². The van der Waals surface area contributed by atoms with Gasteiger partial charge in [0.15, 0.2) is 18.1 Å². The van der Waals surface area contributed by atoms with E-state index in [1.165, 1.54) is 18.3 Å². The van der Waals surface area contributed by atoms with Crippen molar-refractivity contribution in [2.75, 3.05) is 13.2 Å². The number of carboxylic acids is 1. The first kappa shape index (κ1) is 30.1. The summed E-state index contributed by atoms with van der Waals surface area (Å²) in [6.45, 7) is 3.46. The largest absolute Gasteiger partial charge is 0.490 e. The van der Waals surface area contributed by atoms with Gasteiger partial charge < -0.3 is 14.6 Å². The van der Waals surface area contributed by atoms with Gasteiger partial charge in [-0.2, -0.15) is 5.10 Å². The normalized spacial score (nSPS) is 12.2. The van der Waals surface area contributed by atoms with Crippen LogP contribution in [-0.2, 0) is 19.6 Å². The van der Waals surface area contributed by atoms with Crippen LogP contribution in [0.3, 0.4) is 0 Å². The van der Waals surface area contributed by atoms with E-state index in [2.05, 4.69) is 15.2 Å².